The van der Waals surface area contributed by atoms with Gasteiger partial charge in [0, 0.05) is 28.2 Å². The van der Waals surface area contributed by atoms with Crippen molar-refractivity contribution in [3.05, 3.63) is 63.9 Å². The van der Waals surface area contributed by atoms with Gasteiger partial charge in [-0.2, -0.15) is 0 Å². The Labute approximate surface area is 190 Å². The topological polar surface area (TPSA) is 81.7 Å². The summed E-state index contributed by atoms with van der Waals surface area (Å²) in [5, 5.41) is 16.2. The van der Waals surface area contributed by atoms with Gasteiger partial charge in [0.2, 0.25) is 0 Å². The summed E-state index contributed by atoms with van der Waals surface area (Å²) >= 11 is 12.0. The highest BCUT2D eigenvalue weighted by Gasteiger charge is 2.50. The largest absolute Gasteiger partial charge is 0.465 e. The van der Waals surface area contributed by atoms with Crippen LogP contribution in [0.1, 0.15) is 32.3 Å². The molecule has 1 heterocycles. The zero-order valence-corrected chi connectivity index (χ0v) is 18.8. The predicted molar refractivity (Wildman–Crippen MR) is 120 cm³/mol. The Morgan fingerprint density at radius 3 is 2.19 bits per heavy atom. The minimum absolute atomic E-state index is 0.177. The highest BCUT2D eigenvalue weighted by Crippen LogP contribution is 2.40. The number of carboxylic acid groups (broad SMARTS) is 1. The second kappa shape index (κ2) is 8.93. The van der Waals surface area contributed by atoms with Crippen molar-refractivity contribution >= 4 is 41.0 Å². The molecule has 31 heavy (non-hydrogen) atoms. The minimum Gasteiger partial charge on any atom is -0.465 e. The summed E-state index contributed by atoms with van der Waals surface area (Å²) < 4.78 is 13.5. The summed E-state index contributed by atoms with van der Waals surface area (Å²) in [5.41, 5.74) is 0.689. The molecule has 1 fully saturated rings. The van der Waals surface area contributed by atoms with E-state index in [0.29, 0.717) is 15.7 Å². The summed E-state index contributed by atoms with van der Waals surface area (Å²) in [5.74, 6) is -0.737. The van der Waals surface area contributed by atoms with E-state index in [9.17, 15) is 19.1 Å². The van der Waals surface area contributed by atoms with E-state index in [1.165, 1.54) is 17.0 Å². The van der Waals surface area contributed by atoms with Gasteiger partial charge in [-0.15, -0.1) is 0 Å². The maximum absolute atomic E-state index is 13.5. The maximum atomic E-state index is 13.5. The first-order chi connectivity index (χ1) is 14.5. The van der Waals surface area contributed by atoms with Crippen LogP contribution >= 0.6 is 23.2 Å². The van der Waals surface area contributed by atoms with Gasteiger partial charge in [-0.1, -0.05) is 56.1 Å². The van der Waals surface area contributed by atoms with Crippen LogP contribution in [0, 0.1) is 11.2 Å². The van der Waals surface area contributed by atoms with E-state index in [-0.39, 0.29) is 18.3 Å². The number of anilines is 1. The van der Waals surface area contributed by atoms with Gasteiger partial charge in [0.05, 0.1) is 12.1 Å². The number of nitrogens with one attached hydrogen (secondary N) is 2. The van der Waals surface area contributed by atoms with Gasteiger partial charge in [-0.05, 0) is 41.3 Å². The Hall–Kier alpha value is -2.51. The quantitative estimate of drug-likeness (QED) is 0.532. The van der Waals surface area contributed by atoms with E-state index in [4.69, 9.17) is 23.2 Å². The van der Waals surface area contributed by atoms with Gasteiger partial charge in [0.1, 0.15) is 5.82 Å². The predicted octanol–water partition coefficient (Wildman–Crippen LogP) is 5.81. The van der Waals surface area contributed by atoms with Crippen LogP contribution in [-0.4, -0.2) is 40.8 Å². The molecule has 0 radical (unpaired) electrons. The number of nitrogens with zero attached hydrogens (tertiary/aromatic N) is 1. The average molecular weight is 468 g/mol. The molecular formula is C22H24Cl2FN3O3. The monoisotopic (exact) mass is 467 g/mol. The summed E-state index contributed by atoms with van der Waals surface area (Å²) in [6, 6.07) is 9.00. The minimum atomic E-state index is -1.07. The molecule has 9 heteroatoms. The fraction of sp³-hybridized carbons (Fsp3) is 0.364. The molecule has 3 atom stereocenters. The second-order valence-electron chi connectivity index (χ2n) is 8.69. The van der Waals surface area contributed by atoms with E-state index >= 15 is 0 Å². The molecule has 1 unspecified atom stereocenters. The standard InChI is InChI=1S/C22H24Cl2FN3O3/c1-22(2,3)19-18(27-20(29)26-16-9-13(23)8-14(24)10-16)17(11-28(19)21(30)31)12-4-6-15(25)7-5-12/h4-10,17-19H,11H2,1-3H3,(H,30,31)(H2,26,27,29)/t17-,18-,19?/m0/s1. The Kier molecular flexibility index (Phi) is 6.67. The van der Waals surface area contributed by atoms with Gasteiger partial charge in [0.25, 0.3) is 0 Å². The van der Waals surface area contributed by atoms with Crippen LogP contribution in [0.2, 0.25) is 10.0 Å². The number of hydrogen-bond donors (Lipinski definition) is 3. The van der Waals surface area contributed by atoms with Gasteiger partial charge < -0.3 is 20.6 Å². The average Bonchev–Trinajstić information content (AvgIpc) is 3.01. The van der Waals surface area contributed by atoms with Crippen molar-refractivity contribution in [1.29, 1.82) is 0 Å². The molecule has 0 aliphatic carbocycles. The van der Waals surface area contributed by atoms with E-state index < -0.39 is 29.6 Å². The van der Waals surface area contributed by atoms with Crippen LogP contribution in [0.3, 0.4) is 0 Å². The molecule has 1 aliphatic heterocycles. The fourth-order valence-electron chi connectivity index (χ4n) is 4.20. The number of benzene rings is 2. The second-order valence-corrected chi connectivity index (χ2v) is 9.56. The van der Waals surface area contributed by atoms with Crippen molar-refractivity contribution in [3.63, 3.8) is 0 Å². The summed E-state index contributed by atoms with van der Waals surface area (Å²) in [6.07, 6.45) is -1.07. The van der Waals surface area contributed by atoms with Crippen molar-refractivity contribution in [2.75, 3.05) is 11.9 Å². The molecule has 166 valence electrons. The third kappa shape index (κ3) is 5.40. The number of hydrogen-bond acceptors (Lipinski definition) is 2. The lowest BCUT2D eigenvalue weighted by atomic mass is 9.79. The molecule has 1 saturated heterocycles. The zero-order valence-electron chi connectivity index (χ0n) is 17.3. The van der Waals surface area contributed by atoms with Crippen LogP contribution < -0.4 is 10.6 Å². The van der Waals surface area contributed by atoms with Gasteiger partial charge in [-0.3, -0.25) is 0 Å². The lowest BCUT2D eigenvalue weighted by Gasteiger charge is -2.37. The highest BCUT2D eigenvalue weighted by atomic mass is 35.5. The highest BCUT2D eigenvalue weighted by molar-refractivity contribution is 6.35. The number of urea groups is 1. The molecule has 2 aromatic rings. The first-order valence-corrected chi connectivity index (χ1v) is 10.5. The molecule has 0 saturated carbocycles. The number of rotatable bonds is 3. The molecule has 0 bridgehead atoms. The van der Waals surface area contributed by atoms with Crippen LogP contribution in [0.25, 0.3) is 0 Å². The third-order valence-electron chi connectivity index (χ3n) is 5.35. The van der Waals surface area contributed by atoms with Crippen LogP contribution in [0.5, 0.6) is 0 Å². The Balaban J connectivity index is 1.92. The summed E-state index contributed by atoms with van der Waals surface area (Å²) in [4.78, 5) is 26.2. The smallest absolute Gasteiger partial charge is 0.407 e. The molecule has 3 N–H and O–H groups in total. The molecule has 0 spiro atoms. The first-order valence-electron chi connectivity index (χ1n) is 9.74. The molecule has 1 aliphatic rings. The lowest BCUT2D eigenvalue weighted by molar-refractivity contribution is 0.0983. The van der Waals surface area contributed by atoms with Crippen molar-refractivity contribution in [3.8, 4) is 0 Å². The molecule has 6 nitrogen and oxygen atoms in total. The molecule has 3 rings (SSSR count). The molecule has 0 aromatic heterocycles. The van der Waals surface area contributed by atoms with Crippen molar-refractivity contribution in [2.45, 2.75) is 38.8 Å². The van der Waals surface area contributed by atoms with E-state index in [1.54, 1.807) is 30.3 Å². The molecular weight excluding hydrogens is 444 g/mol. The maximum Gasteiger partial charge on any atom is 0.407 e. The lowest BCUT2D eigenvalue weighted by Crippen LogP contribution is -2.54. The van der Waals surface area contributed by atoms with E-state index in [2.05, 4.69) is 10.6 Å². The number of carbonyl (C=O) groups is 2. The number of amides is 3. The SMILES string of the molecule is CC(C)(C)C1[C@@H](NC(=O)Nc2cc(Cl)cc(Cl)c2)[C@H](c2ccc(F)cc2)CN1C(=O)O. The Bertz CT molecular complexity index is 959. The van der Waals surface area contributed by atoms with Crippen LogP contribution in [-0.2, 0) is 0 Å². The van der Waals surface area contributed by atoms with Gasteiger partial charge in [-0.25, -0.2) is 14.0 Å². The van der Waals surface area contributed by atoms with Crippen molar-refractivity contribution in [1.82, 2.24) is 10.2 Å². The number of carbonyl (C=O) groups excluding carboxylic acids is 1. The summed E-state index contributed by atoms with van der Waals surface area (Å²) in [7, 11) is 0. The fourth-order valence-corrected chi connectivity index (χ4v) is 4.73. The van der Waals surface area contributed by atoms with Crippen LogP contribution in [0.4, 0.5) is 19.7 Å². The van der Waals surface area contributed by atoms with Crippen LogP contribution in [0.15, 0.2) is 42.5 Å². The Morgan fingerprint density at radius 2 is 1.68 bits per heavy atom. The third-order valence-corrected chi connectivity index (χ3v) is 5.79. The normalized spacial score (nSPS) is 21.1. The Morgan fingerprint density at radius 1 is 1.10 bits per heavy atom. The van der Waals surface area contributed by atoms with Crippen molar-refractivity contribution in [2.24, 2.45) is 5.41 Å². The molecule has 3 amide bonds. The van der Waals surface area contributed by atoms with Gasteiger partial charge in [0.15, 0.2) is 0 Å². The summed E-state index contributed by atoms with van der Waals surface area (Å²) in [6.45, 7) is 5.94. The first kappa shape index (κ1) is 23.2. The van der Waals surface area contributed by atoms with Crippen molar-refractivity contribution < 1.29 is 19.1 Å². The van der Waals surface area contributed by atoms with E-state index in [0.717, 1.165) is 5.56 Å². The molecule has 2 aromatic carbocycles. The number of halogens is 3. The zero-order chi connectivity index (χ0) is 22.9. The van der Waals surface area contributed by atoms with E-state index in [1.807, 2.05) is 20.8 Å². The number of likely N-dealkylation sites (tertiary alicyclic amines) is 1. The van der Waals surface area contributed by atoms with Gasteiger partial charge >= 0.3 is 12.1 Å².